The minimum Gasteiger partial charge on any atom is -0.341 e. The Kier molecular flexibility index (Phi) is 7.66. The maximum absolute atomic E-state index is 11.1. The Balaban J connectivity index is 0.00000139. The van der Waals surface area contributed by atoms with Gasteiger partial charge in [0.05, 0.1) is 10.5 Å². The predicted molar refractivity (Wildman–Crippen MR) is 101 cm³/mol. The van der Waals surface area contributed by atoms with Gasteiger partial charge in [0.15, 0.2) is 0 Å². The molecule has 0 radical (unpaired) electrons. The number of para-hydroxylation sites is 2. The van der Waals surface area contributed by atoms with Gasteiger partial charge in [-0.1, -0.05) is 45.1 Å². The fraction of sp³-hybridized carbons (Fsp3) is 0.278. The summed E-state index contributed by atoms with van der Waals surface area (Å²) in [7, 11) is 0. The van der Waals surface area contributed by atoms with E-state index in [0.717, 1.165) is 16.9 Å². The highest BCUT2D eigenvalue weighted by Crippen LogP contribution is 2.37. The van der Waals surface area contributed by atoms with Crippen LogP contribution in [0.1, 0.15) is 43.2 Å². The number of benzene rings is 1. The van der Waals surface area contributed by atoms with Crippen molar-refractivity contribution in [2.75, 3.05) is 5.32 Å². The van der Waals surface area contributed by atoms with Crippen LogP contribution in [-0.4, -0.2) is 4.92 Å². The number of nitrogens with one attached hydrogen (secondary N) is 1. The van der Waals surface area contributed by atoms with E-state index < -0.39 is 4.92 Å². The van der Waals surface area contributed by atoms with Crippen LogP contribution in [0.15, 0.2) is 30.3 Å². The number of nitro benzene ring substituents is 1. The van der Waals surface area contributed by atoms with Gasteiger partial charge in [-0.05, 0) is 19.4 Å². The molecule has 1 N–H and O–H groups in total. The first-order valence-electron chi connectivity index (χ1n) is 7.79. The van der Waals surface area contributed by atoms with Gasteiger partial charge in [-0.25, -0.2) is 0 Å². The maximum Gasteiger partial charge on any atom is 0.292 e. The summed E-state index contributed by atoms with van der Waals surface area (Å²) in [4.78, 5) is 11.6. The van der Waals surface area contributed by atoms with Gasteiger partial charge >= 0.3 is 0 Å². The van der Waals surface area contributed by atoms with Gasteiger partial charge in [0.2, 0.25) is 0 Å². The van der Waals surface area contributed by atoms with Crippen molar-refractivity contribution in [3.8, 4) is 6.07 Å². The number of anilines is 2. The topological polar surface area (TPSA) is 79.0 Å². The highest BCUT2D eigenvalue weighted by atomic mass is 32.1. The highest BCUT2D eigenvalue weighted by Gasteiger charge is 2.18. The molecular formula is C18H21N3O2S. The van der Waals surface area contributed by atoms with Gasteiger partial charge < -0.3 is 5.32 Å². The van der Waals surface area contributed by atoms with Crippen molar-refractivity contribution in [1.82, 2.24) is 0 Å². The Hall–Kier alpha value is -2.65. The minimum atomic E-state index is -0.438. The van der Waals surface area contributed by atoms with E-state index in [4.69, 9.17) is 0 Å². The molecule has 24 heavy (non-hydrogen) atoms. The van der Waals surface area contributed by atoms with Crippen LogP contribution < -0.4 is 5.32 Å². The standard InChI is InChI=1S/C16H15N3O2S.C2H6/c1-3-4-7-12-11(2)22-16(13(12)10-17)18-14-8-5-6-9-15(14)19(20)21;1-2/h4-9,18H,3H2,1-2H3;1-2H3/b7-4-;. The zero-order valence-corrected chi connectivity index (χ0v) is 15.1. The van der Waals surface area contributed by atoms with E-state index in [9.17, 15) is 15.4 Å². The van der Waals surface area contributed by atoms with E-state index >= 15 is 0 Å². The number of allylic oxidation sites excluding steroid dienone is 1. The lowest BCUT2D eigenvalue weighted by atomic mass is 10.1. The van der Waals surface area contributed by atoms with Gasteiger partial charge in [0.1, 0.15) is 16.8 Å². The average Bonchev–Trinajstić information content (AvgIpc) is 2.89. The molecule has 0 spiro atoms. The first-order chi connectivity index (χ1) is 11.6. The summed E-state index contributed by atoms with van der Waals surface area (Å²) < 4.78 is 0. The molecule has 0 fully saturated rings. The van der Waals surface area contributed by atoms with E-state index in [1.807, 2.05) is 39.8 Å². The molecule has 126 valence electrons. The van der Waals surface area contributed by atoms with Gasteiger partial charge in [0, 0.05) is 16.5 Å². The van der Waals surface area contributed by atoms with E-state index in [1.54, 1.807) is 18.2 Å². The molecule has 1 aromatic heterocycles. The van der Waals surface area contributed by atoms with Crippen molar-refractivity contribution in [3.05, 3.63) is 56.5 Å². The smallest absolute Gasteiger partial charge is 0.292 e. The lowest BCUT2D eigenvalue weighted by Crippen LogP contribution is -1.96. The molecule has 0 aliphatic carbocycles. The molecule has 2 aromatic rings. The molecule has 2 rings (SSSR count). The zero-order valence-electron chi connectivity index (χ0n) is 14.3. The molecule has 0 atom stereocenters. The lowest BCUT2D eigenvalue weighted by molar-refractivity contribution is -0.383. The normalized spacial score (nSPS) is 9.96. The number of nitriles is 1. The number of rotatable bonds is 5. The second-order valence-corrected chi connectivity index (χ2v) is 5.82. The van der Waals surface area contributed by atoms with Crippen LogP contribution >= 0.6 is 11.3 Å². The summed E-state index contributed by atoms with van der Waals surface area (Å²) in [5.74, 6) is 0. The predicted octanol–water partition coefficient (Wildman–Crippen LogP) is 6.03. The van der Waals surface area contributed by atoms with E-state index in [-0.39, 0.29) is 5.69 Å². The number of thiophene rings is 1. The van der Waals surface area contributed by atoms with Crippen LogP contribution in [0, 0.1) is 28.4 Å². The second kappa shape index (κ2) is 9.48. The monoisotopic (exact) mass is 343 g/mol. The van der Waals surface area contributed by atoms with Crippen LogP contribution in [-0.2, 0) is 0 Å². The van der Waals surface area contributed by atoms with E-state index in [1.165, 1.54) is 17.4 Å². The summed E-state index contributed by atoms with van der Waals surface area (Å²) >= 11 is 1.42. The molecule has 1 heterocycles. The Morgan fingerprint density at radius 3 is 2.62 bits per heavy atom. The Morgan fingerprint density at radius 1 is 1.38 bits per heavy atom. The van der Waals surface area contributed by atoms with Crippen molar-refractivity contribution in [1.29, 1.82) is 5.26 Å². The molecule has 0 unspecified atom stereocenters. The van der Waals surface area contributed by atoms with Crippen molar-refractivity contribution in [2.24, 2.45) is 0 Å². The summed E-state index contributed by atoms with van der Waals surface area (Å²) in [6, 6.07) is 8.60. The highest BCUT2D eigenvalue weighted by molar-refractivity contribution is 7.16. The van der Waals surface area contributed by atoms with Crippen LogP contribution in [0.5, 0.6) is 0 Å². The molecule has 0 saturated carbocycles. The molecule has 1 aromatic carbocycles. The SMILES string of the molecule is CC.CC/C=C\c1c(C)sc(Nc2ccccc2[N+](=O)[O-])c1C#N. The Morgan fingerprint density at radius 2 is 2.04 bits per heavy atom. The van der Waals surface area contributed by atoms with Crippen LogP contribution in [0.25, 0.3) is 6.08 Å². The zero-order chi connectivity index (χ0) is 18.1. The number of nitrogens with zero attached hydrogens (tertiary/aromatic N) is 2. The number of nitro groups is 1. The fourth-order valence-electron chi connectivity index (χ4n) is 2.05. The molecule has 0 saturated heterocycles. The first kappa shape index (κ1) is 19.4. The third-order valence-electron chi connectivity index (χ3n) is 3.11. The number of aryl methyl sites for hydroxylation is 1. The summed E-state index contributed by atoms with van der Waals surface area (Å²) in [5.41, 5.74) is 1.76. The Bertz CT molecular complexity index is 773. The second-order valence-electron chi connectivity index (χ2n) is 4.60. The number of hydrogen-bond acceptors (Lipinski definition) is 5. The fourth-order valence-corrected chi connectivity index (χ4v) is 3.06. The van der Waals surface area contributed by atoms with Crippen molar-refractivity contribution in [3.63, 3.8) is 0 Å². The lowest BCUT2D eigenvalue weighted by Gasteiger charge is -2.05. The number of hydrogen-bond donors (Lipinski definition) is 1. The van der Waals surface area contributed by atoms with Crippen molar-refractivity contribution < 1.29 is 4.92 Å². The maximum atomic E-state index is 11.1. The van der Waals surface area contributed by atoms with E-state index in [2.05, 4.69) is 11.4 Å². The first-order valence-corrected chi connectivity index (χ1v) is 8.60. The van der Waals surface area contributed by atoms with Crippen LogP contribution in [0.3, 0.4) is 0 Å². The summed E-state index contributed by atoms with van der Waals surface area (Å²) in [5, 5.41) is 24.2. The molecule has 6 heteroatoms. The molecule has 0 amide bonds. The van der Waals surface area contributed by atoms with Gasteiger partial charge in [-0.3, -0.25) is 10.1 Å². The van der Waals surface area contributed by atoms with Gasteiger partial charge in [0.25, 0.3) is 5.69 Å². The molecule has 0 bridgehead atoms. The molecule has 5 nitrogen and oxygen atoms in total. The van der Waals surface area contributed by atoms with Crippen LogP contribution in [0.2, 0.25) is 0 Å². The largest absolute Gasteiger partial charge is 0.341 e. The van der Waals surface area contributed by atoms with Gasteiger partial charge in [-0.15, -0.1) is 11.3 Å². The minimum absolute atomic E-state index is 0.0110. The average molecular weight is 343 g/mol. The third kappa shape index (κ3) is 4.43. The quantitative estimate of drug-likeness (QED) is 0.531. The van der Waals surface area contributed by atoms with Crippen molar-refractivity contribution in [2.45, 2.75) is 34.1 Å². The van der Waals surface area contributed by atoms with E-state index in [0.29, 0.717) is 16.3 Å². The summed E-state index contributed by atoms with van der Waals surface area (Å²) in [6.45, 7) is 7.96. The molecule has 0 aliphatic heterocycles. The Labute approximate surface area is 146 Å². The summed E-state index contributed by atoms with van der Waals surface area (Å²) in [6.07, 6.45) is 4.80. The van der Waals surface area contributed by atoms with Crippen molar-refractivity contribution >= 4 is 33.8 Å². The molecular weight excluding hydrogens is 322 g/mol. The third-order valence-corrected chi connectivity index (χ3v) is 4.15. The molecule has 0 aliphatic rings. The van der Waals surface area contributed by atoms with Crippen LogP contribution in [0.4, 0.5) is 16.4 Å². The van der Waals surface area contributed by atoms with Gasteiger partial charge in [-0.2, -0.15) is 5.26 Å².